The molecular weight excluding hydrogens is 195 g/mol. The topological polar surface area (TPSA) is 23.6 Å². The summed E-state index contributed by atoms with van der Waals surface area (Å²) in [6.07, 6.45) is 0.417. The van der Waals surface area contributed by atoms with Crippen molar-refractivity contribution < 1.29 is 9.18 Å². The highest BCUT2D eigenvalue weighted by atomic mass is 19.1. The van der Waals surface area contributed by atoms with Crippen molar-refractivity contribution in [2.24, 2.45) is 0 Å². The molecule has 0 spiro atoms. The molecule has 0 radical (unpaired) electrons. The van der Waals surface area contributed by atoms with E-state index in [0.29, 0.717) is 31.2 Å². The maximum atomic E-state index is 12.0. The molecule has 1 saturated heterocycles. The Kier molecular flexibility index (Phi) is 4.12. The number of nitrogens with zero attached hydrogens (tertiary/aromatic N) is 2. The molecule has 0 aromatic heterocycles. The van der Waals surface area contributed by atoms with Crippen LogP contribution in [0.4, 0.5) is 4.39 Å². The Morgan fingerprint density at radius 2 is 2.13 bits per heavy atom. The predicted octanol–water partition coefficient (Wildman–Crippen LogP) is 1.41. The minimum atomic E-state index is -0.371. The number of carbonyl (C=O) groups is 1. The van der Waals surface area contributed by atoms with Crippen LogP contribution in [0.2, 0.25) is 0 Å². The zero-order valence-corrected chi connectivity index (χ0v) is 9.50. The van der Waals surface area contributed by atoms with Gasteiger partial charge in [0.05, 0.1) is 12.4 Å². The summed E-state index contributed by atoms with van der Waals surface area (Å²) in [5, 5.41) is 0. The van der Waals surface area contributed by atoms with Crippen LogP contribution in [0.3, 0.4) is 0 Å². The largest absolute Gasteiger partial charge is 0.363 e. The lowest BCUT2D eigenvalue weighted by molar-refractivity contribution is -0.132. The molecule has 0 aliphatic carbocycles. The lowest BCUT2D eigenvalue weighted by Crippen LogP contribution is -2.50. The monoisotopic (exact) mass is 214 g/mol. The van der Waals surface area contributed by atoms with Gasteiger partial charge in [0.1, 0.15) is 0 Å². The van der Waals surface area contributed by atoms with Crippen molar-refractivity contribution in [3.8, 4) is 0 Å². The second kappa shape index (κ2) is 5.14. The molecular formula is C11H19FN2O. The first kappa shape index (κ1) is 12.0. The molecule has 0 aromatic carbocycles. The van der Waals surface area contributed by atoms with E-state index in [9.17, 15) is 9.18 Å². The van der Waals surface area contributed by atoms with E-state index in [1.54, 1.807) is 4.90 Å². The third kappa shape index (κ3) is 2.70. The number of alkyl halides is 1. The van der Waals surface area contributed by atoms with Gasteiger partial charge in [-0.15, -0.1) is 0 Å². The summed E-state index contributed by atoms with van der Waals surface area (Å²) < 4.78 is 12.0. The van der Waals surface area contributed by atoms with E-state index in [1.807, 2.05) is 18.7 Å². The van der Waals surface area contributed by atoms with Crippen molar-refractivity contribution in [2.45, 2.75) is 26.3 Å². The van der Waals surface area contributed by atoms with Crippen molar-refractivity contribution in [1.82, 2.24) is 9.80 Å². The fraction of sp³-hybridized carbons (Fsp3) is 0.727. The lowest BCUT2D eigenvalue weighted by Gasteiger charge is -2.39. The zero-order chi connectivity index (χ0) is 11.4. The minimum Gasteiger partial charge on any atom is -0.363 e. The summed E-state index contributed by atoms with van der Waals surface area (Å²) in [6.45, 7) is 9.48. The van der Waals surface area contributed by atoms with E-state index in [-0.39, 0.29) is 12.6 Å². The van der Waals surface area contributed by atoms with Crippen LogP contribution < -0.4 is 0 Å². The van der Waals surface area contributed by atoms with Crippen LogP contribution in [0.5, 0.6) is 0 Å². The molecule has 4 heteroatoms. The lowest BCUT2D eigenvalue weighted by atomic mass is 10.2. The Hall–Kier alpha value is -1.06. The summed E-state index contributed by atoms with van der Waals surface area (Å²) in [4.78, 5) is 15.5. The first-order valence-electron chi connectivity index (χ1n) is 5.38. The molecule has 0 bridgehead atoms. The Morgan fingerprint density at radius 1 is 1.47 bits per heavy atom. The highest BCUT2D eigenvalue weighted by Crippen LogP contribution is 2.16. The van der Waals surface area contributed by atoms with Crippen LogP contribution in [0, 0.1) is 0 Å². The van der Waals surface area contributed by atoms with E-state index in [2.05, 4.69) is 6.58 Å². The fourth-order valence-electron chi connectivity index (χ4n) is 1.80. The van der Waals surface area contributed by atoms with Crippen LogP contribution in [0.15, 0.2) is 12.3 Å². The highest BCUT2D eigenvalue weighted by Gasteiger charge is 2.28. The smallest absolute Gasteiger partial charge is 0.269 e. The van der Waals surface area contributed by atoms with Gasteiger partial charge in [0.25, 0.3) is 5.91 Å². The predicted molar refractivity (Wildman–Crippen MR) is 58.2 cm³/mol. The fourth-order valence-corrected chi connectivity index (χ4v) is 1.80. The number of hydrogen-bond acceptors (Lipinski definition) is 2. The number of rotatable bonds is 4. The molecule has 1 rings (SSSR count). The van der Waals surface area contributed by atoms with Crippen LogP contribution in [-0.2, 0) is 4.79 Å². The van der Waals surface area contributed by atoms with E-state index in [4.69, 9.17) is 0 Å². The number of amides is 1. The average molecular weight is 214 g/mol. The van der Waals surface area contributed by atoms with E-state index < -0.39 is 0 Å². The van der Waals surface area contributed by atoms with Gasteiger partial charge in [0.15, 0.2) is 0 Å². The molecule has 0 atom stereocenters. The molecule has 1 heterocycles. The number of halogens is 1. The second-order valence-electron chi connectivity index (χ2n) is 4.07. The van der Waals surface area contributed by atoms with Crippen LogP contribution in [0.1, 0.15) is 20.3 Å². The van der Waals surface area contributed by atoms with Crippen molar-refractivity contribution in [2.75, 3.05) is 26.3 Å². The standard InChI is InChI=1S/C11H19FN2O/c1-9(2)14-8-7-13(6-4-5-12)11(15)10(14)3/h9H,3-8H2,1-2H3. The molecule has 1 amide bonds. The zero-order valence-electron chi connectivity index (χ0n) is 9.50. The van der Waals surface area contributed by atoms with Crippen LogP contribution >= 0.6 is 0 Å². The van der Waals surface area contributed by atoms with Crippen molar-refractivity contribution >= 4 is 5.91 Å². The second-order valence-corrected chi connectivity index (χ2v) is 4.07. The molecule has 86 valence electrons. The molecule has 0 unspecified atom stereocenters. The molecule has 1 fully saturated rings. The first-order chi connectivity index (χ1) is 7.07. The normalized spacial score (nSPS) is 17.9. The van der Waals surface area contributed by atoms with Gasteiger partial charge < -0.3 is 9.80 Å². The molecule has 0 saturated carbocycles. The summed E-state index contributed by atoms with van der Waals surface area (Å²) >= 11 is 0. The number of carbonyl (C=O) groups excluding carboxylic acids is 1. The van der Waals surface area contributed by atoms with Gasteiger partial charge >= 0.3 is 0 Å². The molecule has 1 aliphatic rings. The van der Waals surface area contributed by atoms with Gasteiger partial charge in [0.2, 0.25) is 0 Å². The minimum absolute atomic E-state index is 0.0524. The Morgan fingerprint density at radius 3 is 2.67 bits per heavy atom. The van der Waals surface area contributed by atoms with E-state index >= 15 is 0 Å². The Bertz CT molecular complexity index is 253. The quantitative estimate of drug-likeness (QED) is 0.661. The van der Waals surface area contributed by atoms with Crippen molar-refractivity contribution in [3.63, 3.8) is 0 Å². The van der Waals surface area contributed by atoms with E-state index in [1.165, 1.54) is 0 Å². The maximum absolute atomic E-state index is 12.0. The van der Waals surface area contributed by atoms with E-state index in [0.717, 1.165) is 6.54 Å². The Balaban J connectivity index is 2.57. The van der Waals surface area contributed by atoms with Gasteiger partial charge in [-0.25, -0.2) is 0 Å². The third-order valence-corrected chi connectivity index (χ3v) is 2.68. The summed E-state index contributed by atoms with van der Waals surface area (Å²) in [5.41, 5.74) is 0.537. The van der Waals surface area contributed by atoms with Crippen molar-refractivity contribution in [3.05, 3.63) is 12.3 Å². The molecule has 15 heavy (non-hydrogen) atoms. The van der Waals surface area contributed by atoms with Gasteiger partial charge in [-0.3, -0.25) is 9.18 Å². The molecule has 1 aliphatic heterocycles. The molecule has 0 aromatic rings. The molecule has 3 nitrogen and oxygen atoms in total. The van der Waals surface area contributed by atoms with Gasteiger partial charge in [0, 0.05) is 25.7 Å². The third-order valence-electron chi connectivity index (χ3n) is 2.68. The van der Waals surface area contributed by atoms with Gasteiger partial charge in [-0.1, -0.05) is 6.58 Å². The molecule has 0 N–H and O–H groups in total. The first-order valence-corrected chi connectivity index (χ1v) is 5.38. The van der Waals surface area contributed by atoms with Crippen LogP contribution in [-0.4, -0.2) is 48.1 Å². The van der Waals surface area contributed by atoms with Gasteiger partial charge in [-0.2, -0.15) is 0 Å². The summed E-state index contributed by atoms with van der Waals surface area (Å²) in [7, 11) is 0. The Labute approximate surface area is 90.5 Å². The summed E-state index contributed by atoms with van der Waals surface area (Å²) in [6, 6.07) is 0.296. The average Bonchev–Trinajstić information content (AvgIpc) is 2.20. The maximum Gasteiger partial charge on any atom is 0.269 e. The van der Waals surface area contributed by atoms with Gasteiger partial charge in [-0.05, 0) is 20.3 Å². The van der Waals surface area contributed by atoms with Crippen molar-refractivity contribution in [1.29, 1.82) is 0 Å². The van der Waals surface area contributed by atoms with Crippen LogP contribution in [0.25, 0.3) is 0 Å². The highest BCUT2D eigenvalue weighted by molar-refractivity contribution is 5.93. The number of hydrogen-bond donors (Lipinski definition) is 0. The SMILES string of the molecule is C=C1C(=O)N(CCCF)CCN1C(C)C. The summed E-state index contributed by atoms with van der Waals surface area (Å²) in [5.74, 6) is -0.0524. The number of piperazine rings is 1.